The number of phosphoric ester groups is 1. The standard InChI is InChI=1S/C72H133N2O7P/c1-7-10-13-16-19-22-25-28-30-32-34-35-36-37-38-39-41-42-44-46-49-52-55-58-61-64-71(75)73-69(68-80-82(77,78)79-67-66-74(4,5)6)70(63-60-57-54-51-48-27-24-21-18-15-12-9-3)81-72(76)65-62-59-56-53-50-47-45-43-40-33-31-29-26-23-20-17-14-11-8-2/h20,23,28-31,40,43,47,50,60,63,69-70H,7-19,21-22,24-27,32-39,41-42,44-46,48-49,51-59,61-62,64-68H2,1-6H3,(H-,73,75,77,78)/b23-20-,30-28+,31-29-,43-40-,50-47-,63-60-. The molecule has 0 aromatic carbocycles. The van der Waals surface area contributed by atoms with Crippen molar-refractivity contribution in [2.75, 3.05) is 40.9 Å². The van der Waals surface area contributed by atoms with E-state index in [1.165, 1.54) is 205 Å². The number of ether oxygens (including phenoxy) is 1. The fourth-order valence-electron chi connectivity index (χ4n) is 9.97. The van der Waals surface area contributed by atoms with Gasteiger partial charge in [0.15, 0.2) is 0 Å². The fraction of sp³-hybridized carbons (Fsp3) is 0.806. The highest BCUT2D eigenvalue weighted by Gasteiger charge is 2.27. The normalized spacial score (nSPS) is 14.0. The number of unbranched alkanes of at least 4 members (excludes halogenated alkanes) is 37. The number of phosphoric acid groups is 1. The van der Waals surface area contributed by atoms with Crippen LogP contribution in [-0.2, 0) is 27.9 Å². The van der Waals surface area contributed by atoms with E-state index in [0.717, 1.165) is 77.0 Å². The molecule has 0 aromatic heterocycles. The number of esters is 1. The number of amides is 1. The first-order valence-electron chi connectivity index (χ1n) is 34.7. The van der Waals surface area contributed by atoms with E-state index in [0.29, 0.717) is 23.9 Å². The number of rotatable bonds is 63. The highest BCUT2D eigenvalue weighted by atomic mass is 31.2. The Hall–Kier alpha value is -2.55. The predicted octanol–water partition coefficient (Wildman–Crippen LogP) is 21.3. The summed E-state index contributed by atoms with van der Waals surface area (Å²) in [4.78, 5) is 40.1. The van der Waals surface area contributed by atoms with Gasteiger partial charge in [0.25, 0.3) is 7.82 Å². The molecule has 0 spiro atoms. The Balaban J connectivity index is 5.12. The lowest BCUT2D eigenvalue weighted by molar-refractivity contribution is -0.870. The van der Waals surface area contributed by atoms with Crippen LogP contribution in [0.2, 0.25) is 0 Å². The van der Waals surface area contributed by atoms with Crippen LogP contribution in [0.25, 0.3) is 0 Å². The Morgan fingerprint density at radius 2 is 0.744 bits per heavy atom. The monoisotopic (exact) mass is 1170 g/mol. The molecule has 1 N–H and O–H groups in total. The summed E-state index contributed by atoms with van der Waals surface area (Å²) in [6.07, 6.45) is 80.2. The predicted molar refractivity (Wildman–Crippen MR) is 353 cm³/mol. The third-order valence-electron chi connectivity index (χ3n) is 15.4. The number of hydrogen-bond donors (Lipinski definition) is 1. The van der Waals surface area contributed by atoms with E-state index in [1.54, 1.807) is 0 Å². The molecule has 9 nitrogen and oxygen atoms in total. The van der Waals surface area contributed by atoms with Gasteiger partial charge < -0.3 is 28.5 Å². The number of carbonyl (C=O) groups is 2. The van der Waals surface area contributed by atoms with Crippen LogP contribution in [0.15, 0.2) is 72.9 Å². The number of hydrogen-bond acceptors (Lipinski definition) is 7. The van der Waals surface area contributed by atoms with Crippen molar-refractivity contribution in [3.63, 3.8) is 0 Å². The van der Waals surface area contributed by atoms with Gasteiger partial charge in [-0.3, -0.25) is 14.2 Å². The first kappa shape index (κ1) is 79.5. The Kier molecular flexibility index (Phi) is 59.6. The number of likely N-dealkylation sites (N-methyl/N-ethyl adjacent to an activating group) is 1. The summed E-state index contributed by atoms with van der Waals surface area (Å²) in [5, 5.41) is 3.03. The maximum atomic E-state index is 13.6. The second-order valence-corrected chi connectivity index (χ2v) is 26.1. The van der Waals surface area contributed by atoms with Gasteiger partial charge in [-0.25, -0.2) is 0 Å². The molecule has 3 atom stereocenters. The van der Waals surface area contributed by atoms with Crippen molar-refractivity contribution in [3.05, 3.63) is 72.9 Å². The van der Waals surface area contributed by atoms with Gasteiger partial charge in [-0.2, -0.15) is 0 Å². The zero-order chi connectivity index (χ0) is 60.0. The van der Waals surface area contributed by atoms with E-state index in [4.69, 9.17) is 13.8 Å². The van der Waals surface area contributed by atoms with Crippen molar-refractivity contribution in [2.45, 2.75) is 335 Å². The van der Waals surface area contributed by atoms with Crippen molar-refractivity contribution in [1.29, 1.82) is 0 Å². The summed E-state index contributed by atoms with van der Waals surface area (Å²) >= 11 is 0. The van der Waals surface area contributed by atoms with Gasteiger partial charge in [-0.15, -0.1) is 0 Å². The lowest BCUT2D eigenvalue weighted by Gasteiger charge is -2.30. The molecule has 0 heterocycles. The van der Waals surface area contributed by atoms with E-state index in [2.05, 4.69) is 86.8 Å². The fourth-order valence-corrected chi connectivity index (χ4v) is 10.7. The molecule has 10 heteroatoms. The van der Waals surface area contributed by atoms with Crippen molar-refractivity contribution in [3.8, 4) is 0 Å². The number of carbonyl (C=O) groups excluding carboxylic acids is 2. The molecular formula is C72H133N2O7P. The zero-order valence-corrected chi connectivity index (χ0v) is 55.6. The Morgan fingerprint density at radius 1 is 0.427 bits per heavy atom. The van der Waals surface area contributed by atoms with Crippen molar-refractivity contribution in [1.82, 2.24) is 5.32 Å². The quantitative estimate of drug-likeness (QED) is 0.0212. The topological polar surface area (TPSA) is 114 Å². The number of quaternary nitrogens is 1. The van der Waals surface area contributed by atoms with Crippen molar-refractivity contribution in [2.24, 2.45) is 0 Å². The molecule has 0 aliphatic heterocycles. The highest BCUT2D eigenvalue weighted by Crippen LogP contribution is 2.38. The molecule has 0 radical (unpaired) electrons. The minimum Gasteiger partial charge on any atom is -0.756 e. The summed E-state index contributed by atoms with van der Waals surface area (Å²) < 4.78 is 30.4. The van der Waals surface area contributed by atoms with Gasteiger partial charge in [-0.1, -0.05) is 280 Å². The van der Waals surface area contributed by atoms with Crippen LogP contribution in [-0.4, -0.2) is 69.4 Å². The van der Waals surface area contributed by atoms with Crippen LogP contribution in [0.4, 0.5) is 0 Å². The van der Waals surface area contributed by atoms with Gasteiger partial charge in [-0.05, 0) is 102 Å². The van der Waals surface area contributed by atoms with E-state index in [9.17, 15) is 19.0 Å². The lowest BCUT2D eigenvalue weighted by atomic mass is 10.0. The maximum absolute atomic E-state index is 13.6. The molecule has 1 amide bonds. The number of nitrogens with one attached hydrogen (secondary N) is 1. The molecule has 478 valence electrons. The number of nitrogens with zero attached hydrogens (tertiary/aromatic N) is 1. The first-order chi connectivity index (χ1) is 39.9. The molecular weight excluding hydrogens is 1040 g/mol. The minimum absolute atomic E-state index is 0.0287. The summed E-state index contributed by atoms with van der Waals surface area (Å²) in [5.74, 6) is -0.569. The molecule has 0 saturated carbocycles. The molecule has 0 rings (SSSR count). The van der Waals surface area contributed by atoms with Crippen LogP contribution in [0, 0.1) is 0 Å². The minimum atomic E-state index is -4.71. The summed E-state index contributed by atoms with van der Waals surface area (Å²) in [7, 11) is 1.17. The third-order valence-corrected chi connectivity index (χ3v) is 16.3. The van der Waals surface area contributed by atoms with E-state index < -0.39 is 26.6 Å². The third kappa shape index (κ3) is 62.0. The molecule has 3 unspecified atom stereocenters. The molecule has 0 aliphatic carbocycles. The second-order valence-electron chi connectivity index (χ2n) is 24.7. The summed E-state index contributed by atoms with van der Waals surface area (Å²) in [5.41, 5.74) is 0. The lowest BCUT2D eigenvalue weighted by Crippen LogP contribution is -2.47. The van der Waals surface area contributed by atoms with Gasteiger partial charge in [0.2, 0.25) is 5.91 Å². The Labute approximate surface area is 508 Å². The van der Waals surface area contributed by atoms with Crippen LogP contribution >= 0.6 is 7.82 Å². The van der Waals surface area contributed by atoms with Gasteiger partial charge in [0.05, 0.1) is 33.8 Å². The molecule has 0 bridgehead atoms. The molecule has 0 aliphatic rings. The molecule has 0 aromatic rings. The van der Waals surface area contributed by atoms with Crippen LogP contribution in [0.1, 0.15) is 323 Å². The largest absolute Gasteiger partial charge is 0.756 e. The smallest absolute Gasteiger partial charge is 0.306 e. The number of allylic oxidation sites excluding steroid dienone is 11. The van der Waals surface area contributed by atoms with Gasteiger partial charge >= 0.3 is 5.97 Å². The highest BCUT2D eigenvalue weighted by molar-refractivity contribution is 7.45. The van der Waals surface area contributed by atoms with Gasteiger partial charge in [0, 0.05) is 12.8 Å². The van der Waals surface area contributed by atoms with E-state index in [1.807, 2.05) is 33.3 Å². The van der Waals surface area contributed by atoms with E-state index >= 15 is 0 Å². The van der Waals surface area contributed by atoms with E-state index in [-0.39, 0.29) is 24.9 Å². The molecule has 0 fully saturated rings. The molecule has 82 heavy (non-hydrogen) atoms. The molecule has 0 saturated heterocycles. The summed E-state index contributed by atoms with van der Waals surface area (Å²) in [6, 6.07) is -0.904. The van der Waals surface area contributed by atoms with Gasteiger partial charge in [0.1, 0.15) is 19.3 Å². The van der Waals surface area contributed by atoms with Crippen molar-refractivity contribution < 1.29 is 37.3 Å². The average Bonchev–Trinajstić information content (AvgIpc) is 3.44. The first-order valence-corrected chi connectivity index (χ1v) is 36.2. The van der Waals surface area contributed by atoms with Crippen molar-refractivity contribution >= 4 is 19.7 Å². The Morgan fingerprint density at radius 3 is 1.16 bits per heavy atom. The SMILES string of the molecule is CCCCC/C=C\C/C=C\C/C=C\C/C=C\CCCCCC(=O)OC(/C=C\CCCCCCCCCCCC)C(COP(=O)([O-])OCC[N+](C)(C)C)NC(=O)CCCCCCCCCCCCCCCCC/C=C/CCCCCCCC. The van der Waals surface area contributed by atoms with Crippen LogP contribution < -0.4 is 10.2 Å². The maximum Gasteiger partial charge on any atom is 0.306 e. The van der Waals surface area contributed by atoms with Crippen LogP contribution in [0.3, 0.4) is 0 Å². The second kappa shape index (κ2) is 61.5. The average molecular weight is 1170 g/mol. The summed E-state index contributed by atoms with van der Waals surface area (Å²) in [6.45, 7) is 6.82. The zero-order valence-electron chi connectivity index (χ0n) is 54.7. The van der Waals surface area contributed by atoms with Crippen LogP contribution in [0.5, 0.6) is 0 Å². The Bertz CT molecular complexity index is 1630.